The number of amides is 1. The number of ether oxygens (including phenoxy) is 1. The molecular weight excluding hydrogens is 946 g/mol. The molecular formula is C49H64F5N5O6S3. The number of piperidine rings is 1. The number of piperazine rings is 1. The summed E-state index contributed by atoms with van der Waals surface area (Å²) in [6.07, 6.45) is 2.67. The molecule has 2 saturated heterocycles. The fourth-order valence-electron chi connectivity index (χ4n) is 8.95. The van der Waals surface area contributed by atoms with E-state index in [1.807, 2.05) is 42.0 Å². The number of allylic oxidation sites excluding steroid dienone is 2. The van der Waals surface area contributed by atoms with Crippen LogP contribution in [0.2, 0.25) is 0 Å². The van der Waals surface area contributed by atoms with Crippen molar-refractivity contribution in [1.29, 1.82) is 0 Å². The fraction of sp³-hybridized carbons (Fsp3) is 0.531. The lowest BCUT2D eigenvalue weighted by Crippen LogP contribution is -2.47. The Morgan fingerprint density at radius 1 is 0.912 bits per heavy atom. The summed E-state index contributed by atoms with van der Waals surface area (Å²) in [5.74, 6) is -0.693. The Morgan fingerprint density at radius 3 is 2.22 bits per heavy atom. The number of thioether (sulfide) groups is 1. The predicted molar refractivity (Wildman–Crippen MR) is 259 cm³/mol. The zero-order valence-corrected chi connectivity index (χ0v) is 41.5. The molecule has 2 aliphatic heterocycles. The number of nitrogens with zero attached hydrogens (tertiary/aromatic N) is 3. The number of nitrogens with one attached hydrogen (secondary N) is 2. The van der Waals surface area contributed by atoms with Gasteiger partial charge < -0.3 is 19.9 Å². The largest absolute Gasteiger partial charge is 0.501 e. The number of anilines is 2. The van der Waals surface area contributed by atoms with E-state index in [0.29, 0.717) is 44.5 Å². The van der Waals surface area contributed by atoms with Gasteiger partial charge in [-0.05, 0) is 117 Å². The number of carbonyl (C=O) groups excluding carboxylic acids is 1. The molecule has 68 heavy (non-hydrogen) atoms. The summed E-state index contributed by atoms with van der Waals surface area (Å²) in [6, 6.07) is 17.5. The van der Waals surface area contributed by atoms with E-state index >= 15 is 0 Å². The predicted octanol–water partition coefficient (Wildman–Crippen LogP) is 9.79. The number of hydrogen-bond acceptors (Lipinski definition) is 11. The molecule has 0 bridgehead atoms. The highest BCUT2D eigenvalue weighted by Gasteiger charge is 2.48. The summed E-state index contributed by atoms with van der Waals surface area (Å²) < 4.78 is 130. The molecule has 374 valence electrons. The van der Waals surface area contributed by atoms with Gasteiger partial charge >= 0.3 is 5.51 Å². The van der Waals surface area contributed by atoms with Crippen molar-refractivity contribution in [2.24, 2.45) is 5.41 Å². The van der Waals surface area contributed by atoms with Gasteiger partial charge in [-0.25, -0.2) is 30.3 Å². The second-order valence-electron chi connectivity index (χ2n) is 18.6. The van der Waals surface area contributed by atoms with E-state index in [2.05, 4.69) is 40.4 Å². The molecule has 11 nitrogen and oxygen atoms in total. The van der Waals surface area contributed by atoms with Crippen molar-refractivity contribution in [2.45, 2.75) is 111 Å². The molecule has 1 amide bonds. The Bertz CT molecular complexity index is 2440. The first-order valence-corrected chi connectivity index (χ1v) is 27.1. The molecule has 0 unspecified atom stereocenters. The minimum atomic E-state index is -6.08. The minimum absolute atomic E-state index is 0.0370. The van der Waals surface area contributed by atoms with Gasteiger partial charge in [0.1, 0.15) is 4.90 Å². The van der Waals surface area contributed by atoms with E-state index in [1.54, 1.807) is 12.1 Å². The molecule has 0 spiro atoms. The number of sulfonamides is 1. The maximum absolute atomic E-state index is 14.2. The van der Waals surface area contributed by atoms with Crippen LogP contribution in [0, 0.1) is 5.41 Å². The van der Waals surface area contributed by atoms with Gasteiger partial charge in [-0.1, -0.05) is 49.8 Å². The smallest absolute Gasteiger partial charge is 0.380 e. The molecule has 3 aliphatic rings. The lowest BCUT2D eigenvalue weighted by atomic mass is 9.72. The van der Waals surface area contributed by atoms with Crippen LogP contribution >= 0.6 is 11.8 Å². The maximum Gasteiger partial charge on any atom is 0.501 e. The highest BCUT2D eigenvalue weighted by atomic mass is 32.2. The molecule has 0 saturated carbocycles. The molecule has 1 aliphatic carbocycles. The molecule has 0 aromatic heterocycles. The normalized spacial score (nSPS) is 18.5. The van der Waals surface area contributed by atoms with E-state index in [1.165, 1.54) is 29.5 Å². The van der Waals surface area contributed by atoms with Gasteiger partial charge in [0.15, 0.2) is 0 Å². The molecule has 3 aromatic carbocycles. The molecule has 2 heterocycles. The Kier molecular flexibility index (Phi) is 18.3. The number of benzene rings is 3. The minimum Gasteiger partial charge on any atom is -0.380 e. The number of likely N-dealkylation sites (tertiary alicyclic amines) is 1. The van der Waals surface area contributed by atoms with Gasteiger partial charge in [0, 0.05) is 93.3 Å². The van der Waals surface area contributed by atoms with Crippen molar-refractivity contribution in [2.75, 3.05) is 74.9 Å². The SMILES string of the molecule is C=C(CCC(F)F)C1=C(CN2CCN(c3ccc(C(=O)NS(=O)(=O)c4ccc(N[C@H](CCN5CCC(OCC)CC5)CSc5ccccc5)c(S(=O)(=O)C(F)(F)F)c4)cc3)CC2)CCC(C)(C)C1. The van der Waals surface area contributed by atoms with Gasteiger partial charge in [-0.3, -0.25) is 9.69 Å². The number of rotatable bonds is 21. The van der Waals surface area contributed by atoms with Gasteiger partial charge in [0.05, 0.1) is 16.7 Å². The first-order chi connectivity index (χ1) is 32.1. The number of sulfone groups is 1. The van der Waals surface area contributed by atoms with Crippen LogP contribution in [0.3, 0.4) is 0 Å². The Labute approximate surface area is 402 Å². The Balaban J connectivity index is 1.12. The first kappa shape index (κ1) is 53.3. The van der Waals surface area contributed by atoms with Crippen LogP contribution in [0.1, 0.15) is 82.5 Å². The van der Waals surface area contributed by atoms with Crippen LogP contribution in [0.15, 0.2) is 111 Å². The number of alkyl halides is 5. The van der Waals surface area contributed by atoms with E-state index in [9.17, 15) is 43.6 Å². The van der Waals surface area contributed by atoms with Crippen LogP contribution in [0.5, 0.6) is 0 Å². The van der Waals surface area contributed by atoms with Crippen LogP contribution in [-0.4, -0.2) is 121 Å². The van der Waals surface area contributed by atoms with Crippen LogP contribution in [0.4, 0.5) is 33.3 Å². The quantitative estimate of drug-likeness (QED) is 0.0782. The van der Waals surface area contributed by atoms with Crippen LogP contribution in [0.25, 0.3) is 0 Å². The third-order valence-electron chi connectivity index (χ3n) is 12.9. The zero-order chi connectivity index (χ0) is 49.3. The summed E-state index contributed by atoms with van der Waals surface area (Å²) in [5.41, 5.74) is -2.17. The van der Waals surface area contributed by atoms with E-state index in [-0.39, 0.29) is 29.9 Å². The maximum atomic E-state index is 14.2. The standard InChI is InChI=1S/C49H64F5N5O6S3/c1-5-65-40-21-25-57(26-22-40)24-20-38(34-66-41-9-7-6-8-10-41)55-44-17-16-42(31-45(44)67(61,62)49(52,53)54)68(63,64)56-47(60)36-12-14-39(15-13-36)59-29-27-58(28-30-59)33-37-19-23-48(3,4)32-43(37)35(2)11-18-46(50)51/h6-10,12-17,31,38,40,46,55H,2,5,11,18-30,32-34H2,1,3-4H3,(H,56,60)/t38-/m1/s1. The fourth-order valence-corrected chi connectivity index (χ4v) is 12.0. The third kappa shape index (κ3) is 14.5. The molecule has 2 fully saturated rings. The Hall–Kier alpha value is -4.01. The van der Waals surface area contributed by atoms with Gasteiger partial charge in [0.2, 0.25) is 6.43 Å². The lowest BCUT2D eigenvalue weighted by molar-refractivity contribution is -0.0436. The average Bonchev–Trinajstić information content (AvgIpc) is 3.30. The van der Waals surface area contributed by atoms with E-state index in [0.717, 1.165) is 98.7 Å². The van der Waals surface area contributed by atoms with Crippen molar-refractivity contribution in [3.8, 4) is 0 Å². The zero-order valence-electron chi connectivity index (χ0n) is 39.0. The van der Waals surface area contributed by atoms with Crippen LogP contribution < -0.4 is 14.9 Å². The van der Waals surface area contributed by atoms with Gasteiger partial charge in [-0.2, -0.15) is 13.2 Å². The Morgan fingerprint density at radius 2 is 1.59 bits per heavy atom. The second kappa shape index (κ2) is 23.3. The highest BCUT2D eigenvalue weighted by Crippen LogP contribution is 2.43. The van der Waals surface area contributed by atoms with Crippen molar-refractivity contribution >= 4 is 48.9 Å². The molecule has 0 radical (unpaired) electrons. The van der Waals surface area contributed by atoms with Crippen LogP contribution in [-0.2, 0) is 24.6 Å². The molecule has 19 heteroatoms. The highest BCUT2D eigenvalue weighted by molar-refractivity contribution is 7.99. The van der Waals surface area contributed by atoms with Crippen molar-refractivity contribution in [3.63, 3.8) is 0 Å². The summed E-state index contributed by atoms with van der Waals surface area (Å²) in [5, 5.41) is 3.01. The summed E-state index contributed by atoms with van der Waals surface area (Å²) >= 11 is 1.45. The monoisotopic (exact) mass is 1010 g/mol. The topological polar surface area (TPSA) is 128 Å². The number of carbonyl (C=O) groups is 1. The summed E-state index contributed by atoms with van der Waals surface area (Å²) in [6.45, 7) is 16.8. The third-order valence-corrected chi connectivity index (χ3v) is 17.0. The van der Waals surface area contributed by atoms with E-state index in [4.69, 9.17) is 4.74 Å². The summed E-state index contributed by atoms with van der Waals surface area (Å²) in [7, 11) is -11.0. The van der Waals surface area contributed by atoms with Crippen molar-refractivity contribution < 1.29 is 48.3 Å². The van der Waals surface area contributed by atoms with E-state index < -0.39 is 59.2 Å². The molecule has 6 rings (SSSR count). The number of halogens is 5. The molecule has 3 aromatic rings. The second-order valence-corrected chi connectivity index (χ2v) is 23.2. The molecule has 2 N–H and O–H groups in total. The summed E-state index contributed by atoms with van der Waals surface area (Å²) in [4.78, 5) is 18.9. The first-order valence-electron chi connectivity index (χ1n) is 23.2. The van der Waals surface area contributed by atoms with Crippen molar-refractivity contribution in [1.82, 2.24) is 14.5 Å². The van der Waals surface area contributed by atoms with Gasteiger partial charge in [-0.15, -0.1) is 11.8 Å². The van der Waals surface area contributed by atoms with Gasteiger partial charge in [0.25, 0.3) is 25.8 Å². The lowest BCUT2D eigenvalue weighted by Gasteiger charge is -2.39. The van der Waals surface area contributed by atoms with Crippen molar-refractivity contribution in [3.05, 3.63) is 102 Å². The molecule has 1 atom stereocenters. The number of hydrogen-bond donors (Lipinski definition) is 2. The average molecular weight is 1010 g/mol.